The molecule has 0 saturated heterocycles. The molecule has 170 valence electrons. The molecule has 0 unspecified atom stereocenters. The SMILES string of the molecule is COc1ccc(NC(=O)c2cc(C3CC3)nc3c2c(C)nn3C(C)(C)C)cc1S(N)(=O)=O. The molecule has 3 aromatic rings. The molecule has 1 amide bonds. The van der Waals surface area contributed by atoms with Crippen molar-refractivity contribution in [2.24, 2.45) is 5.14 Å². The first-order valence-electron chi connectivity index (χ1n) is 10.3. The molecule has 1 aliphatic carbocycles. The van der Waals surface area contributed by atoms with Gasteiger partial charge in [0.2, 0.25) is 10.0 Å². The number of amides is 1. The molecule has 1 aliphatic rings. The summed E-state index contributed by atoms with van der Waals surface area (Å²) in [4.78, 5) is 18.0. The third kappa shape index (κ3) is 4.07. The number of fused-ring (bicyclic) bond motifs is 1. The summed E-state index contributed by atoms with van der Waals surface area (Å²) in [5.74, 6) is 0.0704. The highest BCUT2D eigenvalue weighted by molar-refractivity contribution is 7.89. The van der Waals surface area contributed by atoms with Gasteiger partial charge >= 0.3 is 0 Å². The molecule has 1 saturated carbocycles. The lowest BCUT2D eigenvalue weighted by Crippen LogP contribution is -2.23. The fourth-order valence-electron chi connectivity index (χ4n) is 3.72. The second kappa shape index (κ2) is 7.56. The molecule has 0 atom stereocenters. The Morgan fingerprint density at radius 1 is 1.25 bits per heavy atom. The molecular formula is C22H27N5O4S. The van der Waals surface area contributed by atoms with E-state index in [1.54, 1.807) is 6.07 Å². The van der Waals surface area contributed by atoms with E-state index in [4.69, 9.17) is 14.9 Å². The van der Waals surface area contributed by atoms with Gasteiger partial charge in [-0.1, -0.05) is 0 Å². The summed E-state index contributed by atoms with van der Waals surface area (Å²) in [6, 6.07) is 6.13. The van der Waals surface area contributed by atoms with E-state index in [1.807, 2.05) is 38.4 Å². The first-order valence-corrected chi connectivity index (χ1v) is 11.9. The Balaban J connectivity index is 1.82. The number of nitrogens with one attached hydrogen (secondary N) is 1. The number of carbonyl (C=O) groups excluding carboxylic acids is 1. The van der Waals surface area contributed by atoms with Gasteiger partial charge in [-0.05, 0) is 64.8 Å². The summed E-state index contributed by atoms with van der Waals surface area (Å²) in [6.45, 7) is 7.97. The monoisotopic (exact) mass is 457 g/mol. The number of rotatable bonds is 5. The van der Waals surface area contributed by atoms with Crippen LogP contribution in [0.1, 0.15) is 61.3 Å². The van der Waals surface area contributed by atoms with Crippen LogP contribution in [0.25, 0.3) is 11.0 Å². The van der Waals surface area contributed by atoms with E-state index in [0.717, 1.165) is 18.5 Å². The van der Waals surface area contributed by atoms with Gasteiger partial charge in [-0.3, -0.25) is 4.79 Å². The number of nitrogens with zero attached hydrogens (tertiary/aromatic N) is 3. The van der Waals surface area contributed by atoms with Crippen molar-refractivity contribution in [2.75, 3.05) is 12.4 Å². The first kappa shape index (κ1) is 22.2. The van der Waals surface area contributed by atoms with Crippen molar-refractivity contribution in [2.45, 2.75) is 56.9 Å². The highest BCUT2D eigenvalue weighted by atomic mass is 32.2. The van der Waals surface area contributed by atoms with Gasteiger partial charge in [-0.25, -0.2) is 23.2 Å². The van der Waals surface area contributed by atoms with Gasteiger partial charge in [0.15, 0.2) is 5.65 Å². The number of aromatic nitrogens is 3. The minimum Gasteiger partial charge on any atom is -0.495 e. The second-order valence-electron chi connectivity index (χ2n) is 9.10. The van der Waals surface area contributed by atoms with Crippen LogP contribution in [-0.2, 0) is 15.6 Å². The van der Waals surface area contributed by atoms with E-state index in [2.05, 4.69) is 10.4 Å². The van der Waals surface area contributed by atoms with Crippen molar-refractivity contribution in [1.29, 1.82) is 0 Å². The van der Waals surface area contributed by atoms with Crippen LogP contribution < -0.4 is 15.2 Å². The Hall–Kier alpha value is -2.98. The predicted molar refractivity (Wildman–Crippen MR) is 122 cm³/mol. The van der Waals surface area contributed by atoms with E-state index in [9.17, 15) is 13.2 Å². The van der Waals surface area contributed by atoms with Gasteiger partial charge in [0.05, 0.1) is 29.3 Å². The molecule has 0 spiro atoms. The minimum absolute atomic E-state index is 0.107. The summed E-state index contributed by atoms with van der Waals surface area (Å²) in [6.07, 6.45) is 2.08. The topological polar surface area (TPSA) is 129 Å². The van der Waals surface area contributed by atoms with E-state index in [0.29, 0.717) is 33.9 Å². The van der Waals surface area contributed by atoms with E-state index in [1.165, 1.54) is 19.2 Å². The third-order valence-corrected chi connectivity index (χ3v) is 6.37. The highest BCUT2D eigenvalue weighted by Gasteiger charge is 2.30. The van der Waals surface area contributed by atoms with Crippen LogP contribution in [0.2, 0.25) is 0 Å². The zero-order chi connectivity index (χ0) is 23.4. The molecule has 3 N–H and O–H groups in total. The Morgan fingerprint density at radius 3 is 2.50 bits per heavy atom. The van der Waals surface area contributed by atoms with Crippen LogP contribution in [-0.4, -0.2) is 36.2 Å². The summed E-state index contributed by atoms with van der Waals surface area (Å²) in [5.41, 5.74) is 2.68. The Bertz CT molecular complexity index is 1330. The van der Waals surface area contributed by atoms with Gasteiger partial charge in [0.1, 0.15) is 10.6 Å². The molecule has 0 bridgehead atoms. The van der Waals surface area contributed by atoms with Gasteiger partial charge in [0, 0.05) is 17.3 Å². The maximum Gasteiger partial charge on any atom is 0.256 e. The molecule has 10 heteroatoms. The molecule has 1 fully saturated rings. The number of aryl methyl sites for hydroxylation is 1. The van der Waals surface area contributed by atoms with Crippen molar-refractivity contribution in [3.63, 3.8) is 0 Å². The fraction of sp³-hybridized carbons (Fsp3) is 0.409. The maximum atomic E-state index is 13.4. The highest BCUT2D eigenvalue weighted by Crippen LogP contribution is 2.41. The predicted octanol–water partition coefficient (Wildman–Crippen LogP) is 3.28. The fourth-order valence-corrected chi connectivity index (χ4v) is 4.44. The number of ether oxygens (including phenoxy) is 1. The number of methoxy groups -OCH3 is 1. The van der Waals surface area contributed by atoms with E-state index in [-0.39, 0.29) is 22.1 Å². The lowest BCUT2D eigenvalue weighted by molar-refractivity contribution is 0.102. The minimum atomic E-state index is -4.03. The zero-order valence-corrected chi connectivity index (χ0v) is 19.6. The van der Waals surface area contributed by atoms with Gasteiger partial charge in [0.25, 0.3) is 5.91 Å². The quantitative estimate of drug-likeness (QED) is 0.605. The van der Waals surface area contributed by atoms with Crippen molar-refractivity contribution in [3.8, 4) is 5.75 Å². The molecule has 0 radical (unpaired) electrons. The summed E-state index contributed by atoms with van der Waals surface area (Å²) in [7, 11) is -2.68. The lowest BCUT2D eigenvalue weighted by atomic mass is 10.1. The molecule has 0 aliphatic heterocycles. The van der Waals surface area contributed by atoms with Crippen molar-refractivity contribution in [3.05, 3.63) is 41.2 Å². The van der Waals surface area contributed by atoms with Crippen molar-refractivity contribution >= 4 is 32.7 Å². The number of anilines is 1. The smallest absolute Gasteiger partial charge is 0.256 e. The summed E-state index contributed by atoms with van der Waals surface area (Å²) in [5, 5.41) is 13.4. The summed E-state index contributed by atoms with van der Waals surface area (Å²) >= 11 is 0. The van der Waals surface area contributed by atoms with Crippen molar-refractivity contribution in [1.82, 2.24) is 14.8 Å². The largest absolute Gasteiger partial charge is 0.495 e. The molecule has 4 rings (SSSR count). The molecule has 2 heterocycles. The van der Waals surface area contributed by atoms with Crippen LogP contribution in [0.4, 0.5) is 5.69 Å². The molecular weight excluding hydrogens is 430 g/mol. The van der Waals surface area contributed by atoms with Crippen LogP contribution in [0.3, 0.4) is 0 Å². The summed E-state index contributed by atoms with van der Waals surface area (Å²) < 4.78 is 30.8. The standard InChI is InChI=1S/C22H27N5O4S/c1-12-19-15(11-16(13-6-7-13)25-20(19)27(26-12)22(2,3)4)21(28)24-14-8-9-17(31-5)18(10-14)32(23,29)30/h8-11,13H,6-7H2,1-5H3,(H,24,28)(H2,23,29,30). The van der Waals surface area contributed by atoms with Crippen molar-refractivity contribution < 1.29 is 17.9 Å². The van der Waals surface area contributed by atoms with Gasteiger partial charge < -0.3 is 10.1 Å². The Morgan fingerprint density at radius 2 is 1.94 bits per heavy atom. The number of benzene rings is 1. The first-order chi connectivity index (χ1) is 14.9. The van der Waals surface area contributed by atoms with E-state index >= 15 is 0 Å². The average molecular weight is 458 g/mol. The number of hydrogen-bond donors (Lipinski definition) is 2. The second-order valence-corrected chi connectivity index (χ2v) is 10.6. The third-order valence-electron chi connectivity index (χ3n) is 5.44. The van der Waals surface area contributed by atoms with Gasteiger partial charge in [-0.15, -0.1) is 0 Å². The van der Waals surface area contributed by atoms with Crippen LogP contribution in [0, 0.1) is 6.92 Å². The van der Waals surface area contributed by atoms with Crippen LogP contribution in [0.5, 0.6) is 5.75 Å². The van der Waals surface area contributed by atoms with Crippen LogP contribution in [0.15, 0.2) is 29.2 Å². The average Bonchev–Trinajstić information content (AvgIpc) is 3.49. The lowest BCUT2D eigenvalue weighted by Gasteiger charge is -2.20. The normalized spacial score (nSPS) is 14.6. The van der Waals surface area contributed by atoms with Gasteiger partial charge in [-0.2, -0.15) is 5.10 Å². The molecule has 32 heavy (non-hydrogen) atoms. The number of hydrogen-bond acceptors (Lipinski definition) is 6. The Kier molecular flexibility index (Phi) is 5.25. The molecule has 9 nitrogen and oxygen atoms in total. The number of carbonyl (C=O) groups is 1. The number of sulfonamides is 1. The zero-order valence-electron chi connectivity index (χ0n) is 18.8. The van der Waals surface area contributed by atoms with Crippen LogP contribution >= 0.6 is 0 Å². The van der Waals surface area contributed by atoms with E-state index < -0.39 is 10.0 Å². The maximum absolute atomic E-state index is 13.4. The number of primary sulfonamides is 1. The molecule has 1 aromatic carbocycles. The number of nitrogens with two attached hydrogens (primary N) is 1. The number of pyridine rings is 1. The Labute approximate surface area is 187 Å². The molecule has 2 aromatic heterocycles.